The Morgan fingerprint density at radius 2 is 1.94 bits per heavy atom. The van der Waals surface area contributed by atoms with E-state index >= 15 is 0 Å². The van der Waals surface area contributed by atoms with Gasteiger partial charge in [-0.05, 0) is 54.2 Å². The topological polar surface area (TPSA) is 29.9 Å². The number of aromatic nitrogens is 2. The van der Waals surface area contributed by atoms with Crippen molar-refractivity contribution >= 4 is 21.9 Å². The van der Waals surface area contributed by atoms with Gasteiger partial charge in [0.2, 0.25) is 5.69 Å². The van der Waals surface area contributed by atoms with Crippen LogP contribution in [0.25, 0.3) is 44.3 Å². The Kier molecular flexibility index (Phi) is 2.19. The number of hydrogen-bond acceptors (Lipinski definition) is 2. The third kappa shape index (κ3) is 2.40. The maximum Gasteiger partial charge on any atom is 0.216 e. The van der Waals surface area contributed by atoms with Crippen molar-refractivity contribution in [3.05, 3.63) is 83.3 Å². The fourth-order valence-corrected chi connectivity index (χ4v) is 4.70. The van der Waals surface area contributed by atoms with E-state index in [1.165, 1.54) is 6.20 Å². The maximum absolute atomic E-state index is 8.46. The van der Waals surface area contributed by atoms with Crippen LogP contribution in [0.4, 0.5) is 0 Å². The molecule has 3 heterocycles. The van der Waals surface area contributed by atoms with Crippen molar-refractivity contribution in [1.29, 1.82) is 0 Å². The van der Waals surface area contributed by atoms with E-state index in [4.69, 9.17) is 16.8 Å². The van der Waals surface area contributed by atoms with Gasteiger partial charge in [0.25, 0.3) is 0 Å². The molecule has 0 fully saturated rings. The number of benzene rings is 2. The largest absolute Gasteiger partial charge is 0.455 e. The lowest BCUT2D eigenvalue weighted by atomic mass is 9.84. The lowest BCUT2D eigenvalue weighted by Gasteiger charge is -2.19. The highest BCUT2D eigenvalue weighted by Gasteiger charge is 2.37. The first-order valence-corrected chi connectivity index (χ1v) is 10.0. The molecule has 3 aromatic heterocycles. The first-order valence-electron chi connectivity index (χ1n) is 14.5. The average Bonchev–Trinajstić information content (AvgIpc) is 3.35. The maximum atomic E-state index is 8.46. The van der Waals surface area contributed by atoms with Gasteiger partial charge < -0.3 is 4.42 Å². The van der Waals surface area contributed by atoms with Gasteiger partial charge in [0.05, 0.1) is 11.3 Å². The summed E-state index contributed by atoms with van der Waals surface area (Å²) in [4.78, 5) is 4.30. The predicted molar refractivity (Wildman–Crippen MR) is 125 cm³/mol. The van der Waals surface area contributed by atoms with Crippen LogP contribution in [0.15, 0.2) is 65.3 Å². The number of nitrogens with zero attached hydrogens (tertiary/aromatic N) is 2. The Bertz CT molecular complexity index is 1830. The molecule has 1 aliphatic rings. The molecule has 5 aromatic rings. The SMILES string of the molecule is [2H]C([2H])([2H])c1cc[n+](C)c(-c2c(C)ccc3c2oc2cc4c(cc23)C(C([2H])([2H])[2H])(C([2H])([2H])[2H])c2ncccc2-4)c1. The van der Waals surface area contributed by atoms with Gasteiger partial charge in [-0.1, -0.05) is 31.9 Å². The molecule has 0 radical (unpaired) electrons. The van der Waals surface area contributed by atoms with Crippen LogP contribution in [0.2, 0.25) is 0 Å². The number of pyridine rings is 2. The van der Waals surface area contributed by atoms with Gasteiger partial charge in [0.15, 0.2) is 6.20 Å². The van der Waals surface area contributed by atoms with Gasteiger partial charge in [0.1, 0.15) is 18.2 Å². The molecule has 0 amide bonds. The molecule has 152 valence electrons. The highest BCUT2D eigenvalue weighted by Crippen LogP contribution is 2.50. The molecule has 0 spiro atoms. The quantitative estimate of drug-likeness (QED) is 0.297. The van der Waals surface area contributed by atoms with Crippen molar-refractivity contribution in [2.75, 3.05) is 0 Å². The van der Waals surface area contributed by atoms with Gasteiger partial charge >= 0.3 is 0 Å². The van der Waals surface area contributed by atoms with E-state index in [0.29, 0.717) is 44.3 Å². The van der Waals surface area contributed by atoms with Crippen LogP contribution in [0, 0.1) is 13.8 Å². The summed E-state index contributed by atoms with van der Waals surface area (Å²) in [6, 6.07) is 13.6. The summed E-state index contributed by atoms with van der Waals surface area (Å²) >= 11 is 0. The van der Waals surface area contributed by atoms with E-state index in [0.717, 1.165) is 5.56 Å². The van der Waals surface area contributed by atoms with E-state index in [9.17, 15) is 0 Å². The second kappa shape index (κ2) is 6.04. The number of rotatable bonds is 1. The third-order valence-electron chi connectivity index (χ3n) is 6.25. The number of aryl methyl sites for hydroxylation is 3. The summed E-state index contributed by atoms with van der Waals surface area (Å²) in [5.74, 6) is 0. The molecule has 2 aromatic carbocycles. The van der Waals surface area contributed by atoms with Gasteiger partial charge in [-0.3, -0.25) is 4.98 Å². The zero-order valence-electron chi connectivity index (χ0n) is 26.1. The lowest BCUT2D eigenvalue weighted by molar-refractivity contribution is -0.660. The van der Waals surface area contributed by atoms with Crippen LogP contribution in [-0.2, 0) is 12.5 Å². The summed E-state index contributed by atoms with van der Waals surface area (Å²) in [6.45, 7) is -6.25. The molecule has 6 rings (SSSR count). The Labute approximate surface area is 194 Å². The molecular weight excluding hydrogens is 380 g/mol. The van der Waals surface area contributed by atoms with Crippen LogP contribution in [0.3, 0.4) is 0 Å². The van der Waals surface area contributed by atoms with Gasteiger partial charge in [-0.25, -0.2) is 4.57 Å². The molecule has 0 bridgehead atoms. The van der Waals surface area contributed by atoms with E-state index < -0.39 is 26.0 Å². The Morgan fingerprint density at radius 1 is 1.03 bits per heavy atom. The van der Waals surface area contributed by atoms with E-state index in [1.807, 2.05) is 30.7 Å². The number of fused-ring (bicyclic) bond motifs is 6. The number of hydrogen-bond donors (Lipinski definition) is 0. The predicted octanol–water partition coefficient (Wildman–Crippen LogP) is 6.40. The molecule has 1 aliphatic carbocycles. The first-order chi connectivity index (χ1) is 18.6. The highest BCUT2D eigenvalue weighted by molar-refractivity contribution is 6.11. The van der Waals surface area contributed by atoms with E-state index in [2.05, 4.69) is 4.98 Å². The molecule has 3 nitrogen and oxygen atoms in total. The van der Waals surface area contributed by atoms with Crippen LogP contribution in [0.1, 0.15) is 48.4 Å². The summed E-state index contributed by atoms with van der Waals surface area (Å²) in [5, 5.41) is 1.22. The summed E-state index contributed by atoms with van der Waals surface area (Å²) in [5.41, 5.74) is 2.07. The molecule has 0 N–H and O–H groups in total. The summed E-state index contributed by atoms with van der Waals surface area (Å²) < 4.78 is 82.6. The highest BCUT2D eigenvalue weighted by atomic mass is 16.3. The molecule has 0 atom stereocenters. The summed E-state index contributed by atoms with van der Waals surface area (Å²) in [6.07, 6.45) is 3.11. The van der Waals surface area contributed by atoms with Crippen molar-refractivity contribution < 1.29 is 21.3 Å². The van der Waals surface area contributed by atoms with E-state index in [1.54, 1.807) is 42.6 Å². The zero-order valence-corrected chi connectivity index (χ0v) is 17.1. The standard InChI is InChI=1S/C28H25N2O/c1-16-10-12-30(5)23(13-16)25-17(2)8-9-18-21-14-22-20(15-24(21)31-26(18)25)19-7-6-11-29-27(19)28(22,3)4/h6-15H,1-5H3/q+1/i1D3,3D3,4D3. The van der Waals surface area contributed by atoms with Crippen molar-refractivity contribution in [1.82, 2.24) is 4.98 Å². The average molecular weight is 415 g/mol. The fourth-order valence-electron chi connectivity index (χ4n) is 4.70. The second-order valence-corrected chi connectivity index (χ2v) is 8.19. The Morgan fingerprint density at radius 3 is 2.77 bits per heavy atom. The fraction of sp³-hybridized carbons (Fsp3) is 0.214. The van der Waals surface area contributed by atoms with Crippen LogP contribution >= 0.6 is 0 Å². The molecule has 0 aliphatic heterocycles. The molecule has 0 saturated heterocycles. The molecule has 3 heteroatoms. The lowest BCUT2D eigenvalue weighted by Crippen LogP contribution is -2.30. The van der Waals surface area contributed by atoms with Crippen molar-refractivity contribution in [3.8, 4) is 22.4 Å². The van der Waals surface area contributed by atoms with Crippen LogP contribution in [0.5, 0.6) is 0 Å². The molecule has 31 heavy (non-hydrogen) atoms. The zero-order chi connectivity index (χ0) is 29.0. The molecule has 0 saturated carbocycles. The van der Waals surface area contributed by atoms with Gasteiger partial charge in [-0.15, -0.1) is 0 Å². The normalized spacial score (nSPS) is 19.7. The first kappa shape index (κ1) is 11.2. The van der Waals surface area contributed by atoms with Crippen molar-refractivity contribution in [2.24, 2.45) is 7.05 Å². The summed E-state index contributed by atoms with van der Waals surface area (Å²) in [7, 11) is 1.82. The molecule has 0 unspecified atom stereocenters. The van der Waals surface area contributed by atoms with Crippen LogP contribution < -0.4 is 4.57 Å². The number of furan rings is 1. The van der Waals surface area contributed by atoms with E-state index in [-0.39, 0.29) is 16.8 Å². The third-order valence-corrected chi connectivity index (χ3v) is 6.25. The van der Waals surface area contributed by atoms with Crippen molar-refractivity contribution in [3.63, 3.8) is 0 Å². The minimum Gasteiger partial charge on any atom is -0.455 e. The second-order valence-electron chi connectivity index (χ2n) is 8.19. The Balaban J connectivity index is 1.72. The van der Waals surface area contributed by atoms with Crippen molar-refractivity contribution in [2.45, 2.75) is 32.9 Å². The smallest absolute Gasteiger partial charge is 0.216 e. The van der Waals surface area contributed by atoms with Crippen LogP contribution in [-0.4, -0.2) is 4.98 Å². The monoisotopic (exact) mass is 414 g/mol. The Hall–Kier alpha value is -3.46. The van der Waals surface area contributed by atoms with Gasteiger partial charge in [0, 0.05) is 52.4 Å². The van der Waals surface area contributed by atoms with Gasteiger partial charge in [-0.2, -0.15) is 0 Å². The minimum absolute atomic E-state index is 0.00648. The minimum atomic E-state index is -2.93. The molecular formula is C28H25N2O+.